The fourth-order valence-electron chi connectivity index (χ4n) is 4.47. The summed E-state index contributed by atoms with van der Waals surface area (Å²) in [4.78, 5) is 15.1. The predicted octanol–water partition coefficient (Wildman–Crippen LogP) is 3.77. The lowest BCUT2D eigenvalue weighted by Gasteiger charge is -2.37. The maximum absolute atomic E-state index is 13.1. The predicted molar refractivity (Wildman–Crippen MR) is 105 cm³/mol. The number of fused-ring (bicyclic) bond motifs is 1. The van der Waals surface area contributed by atoms with E-state index in [1.807, 2.05) is 31.0 Å². The molecule has 144 valence electrons. The Labute approximate surface area is 161 Å². The zero-order valence-corrected chi connectivity index (χ0v) is 16.5. The van der Waals surface area contributed by atoms with Crippen molar-refractivity contribution in [3.63, 3.8) is 0 Å². The number of hydrogen-bond acceptors (Lipinski definition) is 3. The minimum absolute atomic E-state index is 0.0720. The molecule has 27 heavy (non-hydrogen) atoms. The lowest BCUT2D eigenvalue weighted by Crippen LogP contribution is -2.51. The minimum Gasteiger partial charge on any atom is -0.478 e. The average Bonchev–Trinajstić information content (AvgIpc) is 3.29. The van der Waals surface area contributed by atoms with Gasteiger partial charge in [0.1, 0.15) is 5.75 Å². The van der Waals surface area contributed by atoms with Gasteiger partial charge in [-0.2, -0.15) is 5.10 Å². The van der Waals surface area contributed by atoms with Crippen molar-refractivity contribution >= 4 is 5.91 Å². The number of piperidine rings is 1. The summed E-state index contributed by atoms with van der Waals surface area (Å²) >= 11 is 0. The summed E-state index contributed by atoms with van der Waals surface area (Å²) < 4.78 is 6.15. The number of H-pyrrole nitrogens is 1. The molecule has 0 saturated carbocycles. The van der Waals surface area contributed by atoms with E-state index in [1.165, 1.54) is 28.8 Å². The minimum atomic E-state index is -0.858. The maximum Gasteiger partial charge on any atom is 0.266 e. The van der Waals surface area contributed by atoms with Gasteiger partial charge in [-0.25, -0.2) is 0 Å². The molecule has 0 atom stereocenters. The molecule has 1 aliphatic heterocycles. The van der Waals surface area contributed by atoms with Crippen molar-refractivity contribution in [2.45, 2.75) is 64.4 Å². The summed E-state index contributed by atoms with van der Waals surface area (Å²) in [7, 11) is 0. The first kappa shape index (κ1) is 18.1. The number of rotatable bonds is 4. The monoisotopic (exact) mass is 367 g/mol. The SMILES string of the molecule is Cc1cn[nH]c1C1CCN(C(=O)C(C)(C)Oc2ccc3c(c2)CCC3)CC1. The van der Waals surface area contributed by atoms with Gasteiger partial charge in [0, 0.05) is 24.7 Å². The number of aryl methyl sites for hydroxylation is 3. The Balaban J connectivity index is 1.39. The second-order valence-corrected chi connectivity index (χ2v) is 8.43. The van der Waals surface area contributed by atoms with Crippen molar-refractivity contribution in [1.82, 2.24) is 15.1 Å². The van der Waals surface area contributed by atoms with Crippen LogP contribution in [0.25, 0.3) is 0 Å². The van der Waals surface area contributed by atoms with Gasteiger partial charge in [0.05, 0.1) is 6.20 Å². The number of aromatic nitrogens is 2. The molecule has 0 spiro atoms. The number of aromatic amines is 1. The van der Waals surface area contributed by atoms with E-state index in [9.17, 15) is 4.79 Å². The molecule has 2 aliphatic rings. The van der Waals surface area contributed by atoms with Crippen LogP contribution in [-0.2, 0) is 17.6 Å². The van der Waals surface area contributed by atoms with Crippen LogP contribution in [-0.4, -0.2) is 39.7 Å². The van der Waals surface area contributed by atoms with Gasteiger partial charge in [-0.05, 0) is 81.7 Å². The average molecular weight is 367 g/mol. The summed E-state index contributed by atoms with van der Waals surface area (Å²) in [5.74, 6) is 1.33. The van der Waals surface area contributed by atoms with E-state index >= 15 is 0 Å². The van der Waals surface area contributed by atoms with E-state index in [0.29, 0.717) is 5.92 Å². The standard InChI is InChI=1S/C22H29N3O2/c1-15-14-23-24-20(15)17-9-11-25(12-10-17)21(26)22(2,3)27-19-8-7-16-5-4-6-18(16)13-19/h7-8,13-14,17H,4-6,9-12H2,1-3H3,(H,23,24). The molecule has 1 aromatic carbocycles. The highest BCUT2D eigenvalue weighted by Crippen LogP contribution is 2.31. The number of ether oxygens (including phenoxy) is 1. The first-order valence-electron chi connectivity index (χ1n) is 10.0. The van der Waals surface area contributed by atoms with E-state index in [0.717, 1.165) is 44.5 Å². The topological polar surface area (TPSA) is 58.2 Å². The van der Waals surface area contributed by atoms with Gasteiger partial charge in [0.15, 0.2) is 5.60 Å². The maximum atomic E-state index is 13.1. The van der Waals surface area contributed by atoms with Crippen molar-refractivity contribution in [1.29, 1.82) is 0 Å². The molecule has 0 bridgehead atoms. The van der Waals surface area contributed by atoms with Gasteiger partial charge in [-0.3, -0.25) is 9.89 Å². The third-order valence-corrected chi connectivity index (χ3v) is 6.02. The summed E-state index contributed by atoms with van der Waals surface area (Å²) in [6, 6.07) is 6.27. The normalized spacial score (nSPS) is 17.8. The Morgan fingerprint density at radius 3 is 2.67 bits per heavy atom. The van der Waals surface area contributed by atoms with Crippen molar-refractivity contribution in [2.75, 3.05) is 13.1 Å². The van der Waals surface area contributed by atoms with Crippen LogP contribution in [0.5, 0.6) is 5.75 Å². The Morgan fingerprint density at radius 1 is 1.22 bits per heavy atom. The Hall–Kier alpha value is -2.30. The first-order chi connectivity index (χ1) is 12.9. The molecule has 5 nitrogen and oxygen atoms in total. The zero-order valence-electron chi connectivity index (χ0n) is 16.5. The van der Waals surface area contributed by atoms with Gasteiger partial charge in [0.25, 0.3) is 5.91 Å². The fraction of sp³-hybridized carbons (Fsp3) is 0.545. The fourth-order valence-corrected chi connectivity index (χ4v) is 4.47. The smallest absolute Gasteiger partial charge is 0.266 e. The molecule has 1 aliphatic carbocycles. The number of nitrogens with zero attached hydrogens (tertiary/aromatic N) is 2. The molecule has 5 heteroatoms. The molecule has 4 rings (SSSR count). The first-order valence-corrected chi connectivity index (χ1v) is 10.0. The molecular weight excluding hydrogens is 338 g/mol. The Morgan fingerprint density at radius 2 is 1.96 bits per heavy atom. The van der Waals surface area contributed by atoms with Crippen molar-refractivity contribution < 1.29 is 9.53 Å². The number of carbonyl (C=O) groups is 1. The van der Waals surface area contributed by atoms with Crippen LogP contribution in [0.15, 0.2) is 24.4 Å². The van der Waals surface area contributed by atoms with Crippen LogP contribution >= 0.6 is 0 Å². The van der Waals surface area contributed by atoms with E-state index in [2.05, 4.69) is 29.3 Å². The van der Waals surface area contributed by atoms with E-state index in [1.54, 1.807) is 0 Å². The zero-order chi connectivity index (χ0) is 19.0. The van der Waals surface area contributed by atoms with Crippen LogP contribution in [0.1, 0.15) is 61.4 Å². The number of carbonyl (C=O) groups excluding carboxylic acids is 1. The van der Waals surface area contributed by atoms with Crippen LogP contribution in [0.4, 0.5) is 0 Å². The number of nitrogens with one attached hydrogen (secondary N) is 1. The summed E-state index contributed by atoms with van der Waals surface area (Å²) in [6.07, 6.45) is 7.28. The molecule has 2 heterocycles. The third kappa shape index (κ3) is 3.60. The van der Waals surface area contributed by atoms with Crippen molar-refractivity contribution in [3.8, 4) is 5.75 Å². The number of likely N-dealkylation sites (tertiary alicyclic amines) is 1. The molecule has 1 N–H and O–H groups in total. The highest BCUT2D eigenvalue weighted by atomic mass is 16.5. The molecule has 0 unspecified atom stereocenters. The van der Waals surface area contributed by atoms with Gasteiger partial charge < -0.3 is 9.64 Å². The quantitative estimate of drug-likeness (QED) is 0.895. The second kappa shape index (κ2) is 7.02. The number of amides is 1. The molecular formula is C22H29N3O2. The van der Waals surface area contributed by atoms with Crippen LogP contribution in [0.2, 0.25) is 0 Å². The molecule has 1 aromatic heterocycles. The third-order valence-electron chi connectivity index (χ3n) is 6.02. The van der Waals surface area contributed by atoms with Crippen LogP contribution < -0.4 is 4.74 Å². The lowest BCUT2D eigenvalue weighted by atomic mass is 9.91. The van der Waals surface area contributed by atoms with Crippen LogP contribution in [0.3, 0.4) is 0 Å². The molecule has 1 amide bonds. The van der Waals surface area contributed by atoms with Gasteiger partial charge in [-0.15, -0.1) is 0 Å². The highest BCUT2D eigenvalue weighted by molar-refractivity contribution is 5.85. The van der Waals surface area contributed by atoms with Crippen LogP contribution in [0, 0.1) is 6.92 Å². The summed E-state index contributed by atoms with van der Waals surface area (Å²) in [6.45, 7) is 7.38. The van der Waals surface area contributed by atoms with Gasteiger partial charge >= 0.3 is 0 Å². The van der Waals surface area contributed by atoms with Crippen molar-refractivity contribution in [2.24, 2.45) is 0 Å². The van der Waals surface area contributed by atoms with Gasteiger partial charge in [-0.1, -0.05) is 6.07 Å². The number of benzene rings is 1. The molecule has 1 saturated heterocycles. The molecule has 1 fully saturated rings. The Bertz CT molecular complexity index is 832. The number of hydrogen-bond donors (Lipinski definition) is 1. The largest absolute Gasteiger partial charge is 0.478 e. The van der Waals surface area contributed by atoms with Gasteiger partial charge in [0.2, 0.25) is 0 Å². The van der Waals surface area contributed by atoms with Crippen molar-refractivity contribution in [3.05, 3.63) is 46.8 Å². The highest BCUT2D eigenvalue weighted by Gasteiger charge is 2.36. The molecule has 0 radical (unpaired) electrons. The van der Waals surface area contributed by atoms with E-state index in [4.69, 9.17) is 4.74 Å². The lowest BCUT2D eigenvalue weighted by molar-refractivity contribution is -0.146. The molecule has 2 aromatic rings. The van der Waals surface area contributed by atoms with E-state index in [-0.39, 0.29) is 5.91 Å². The van der Waals surface area contributed by atoms with E-state index < -0.39 is 5.60 Å². The Kier molecular flexibility index (Phi) is 4.70. The second-order valence-electron chi connectivity index (χ2n) is 8.43. The summed E-state index contributed by atoms with van der Waals surface area (Å²) in [5, 5.41) is 7.26. The summed E-state index contributed by atoms with van der Waals surface area (Å²) in [5.41, 5.74) is 4.36.